The standard InChI is InChI=1S/C20H32N2O2/c1-16-12-22(13-17(2)24-16)15-20(23)14-21-10-8-19(9-11-21)18-6-4-3-5-7-18/h3-7,16-17,19-20,23H,8-15H2,1-2H3. The highest BCUT2D eigenvalue weighted by atomic mass is 16.5. The second-order valence-electron chi connectivity index (χ2n) is 7.62. The number of hydrogen-bond donors (Lipinski definition) is 1. The molecular formula is C20H32N2O2. The Hall–Kier alpha value is -0.940. The van der Waals surface area contributed by atoms with E-state index in [0.717, 1.165) is 39.3 Å². The van der Waals surface area contributed by atoms with Gasteiger partial charge in [-0.1, -0.05) is 30.3 Å². The zero-order valence-corrected chi connectivity index (χ0v) is 15.1. The largest absolute Gasteiger partial charge is 0.390 e. The van der Waals surface area contributed by atoms with Crippen LogP contribution in [0.5, 0.6) is 0 Å². The second kappa shape index (κ2) is 8.43. The minimum Gasteiger partial charge on any atom is -0.390 e. The Morgan fingerprint density at radius 2 is 1.58 bits per heavy atom. The van der Waals surface area contributed by atoms with Gasteiger partial charge >= 0.3 is 0 Å². The van der Waals surface area contributed by atoms with Crippen LogP contribution < -0.4 is 0 Å². The Morgan fingerprint density at radius 3 is 2.21 bits per heavy atom. The summed E-state index contributed by atoms with van der Waals surface area (Å²) in [7, 11) is 0. The van der Waals surface area contributed by atoms with Crippen LogP contribution in [0.15, 0.2) is 30.3 Å². The molecule has 0 bridgehead atoms. The molecule has 1 aromatic carbocycles. The Bertz CT molecular complexity index is 478. The number of benzene rings is 1. The number of hydrogen-bond acceptors (Lipinski definition) is 4. The van der Waals surface area contributed by atoms with Crippen molar-refractivity contribution in [2.75, 3.05) is 39.3 Å². The van der Waals surface area contributed by atoms with E-state index in [-0.39, 0.29) is 18.3 Å². The number of morpholine rings is 1. The summed E-state index contributed by atoms with van der Waals surface area (Å²) in [5.41, 5.74) is 1.47. The van der Waals surface area contributed by atoms with Crippen LogP contribution in [0.1, 0.15) is 38.2 Å². The molecule has 24 heavy (non-hydrogen) atoms. The molecule has 2 fully saturated rings. The minimum atomic E-state index is -0.268. The minimum absolute atomic E-state index is 0.266. The van der Waals surface area contributed by atoms with Crippen molar-refractivity contribution in [3.63, 3.8) is 0 Å². The highest BCUT2D eigenvalue weighted by Gasteiger charge is 2.26. The van der Waals surface area contributed by atoms with Gasteiger partial charge in [0.05, 0.1) is 18.3 Å². The molecule has 0 aromatic heterocycles. The Kier molecular flexibility index (Phi) is 6.28. The summed E-state index contributed by atoms with van der Waals surface area (Å²) in [5.74, 6) is 0.681. The van der Waals surface area contributed by atoms with Gasteiger partial charge in [-0.2, -0.15) is 0 Å². The first-order chi connectivity index (χ1) is 11.6. The third kappa shape index (κ3) is 5.03. The predicted molar refractivity (Wildman–Crippen MR) is 97.3 cm³/mol. The van der Waals surface area contributed by atoms with Gasteiger partial charge < -0.3 is 14.7 Å². The third-order valence-corrected chi connectivity index (χ3v) is 5.29. The molecule has 4 nitrogen and oxygen atoms in total. The van der Waals surface area contributed by atoms with Crippen LogP contribution in [-0.4, -0.2) is 72.5 Å². The van der Waals surface area contributed by atoms with Crippen molar-refractivity contribution in [3.8, 4) is 0 Å². The van der Waals surface area contributed by atoms with E-state index in [0.29, 0.717) is 5.92 Å². The van der Waals surface area contributed by atoms with Crippen LogP contribution in [0.25, 0.3) is 0 Å². The second-order valence-corrected chi connectivity index (χ2v) is 7.62. The number of ether oxygens (including phenoxy) is 1. The van der Waals surface area contributed by atoms with Gasteiger partial charge in [-0.25, -0.2) is 0 Å². The summed E-state index contributed by atoms with van der Waals surface area (Å²) in [4.78, 5) is 4.78. The highest BCUT2D eigenvalue weighted by Crippen LogP contribution is 2.27. The van der Waals surface area contributed by atoms with Crippen LogP contribution in [0.4, 0.5) is 0 Å². The molecule has 0 amide bonds. The summed E-state index contributed by atoms with van der Waals surface area (Å²) in [5, 5.41) is 10.5. The first-order valence-electron chi connectivity index (χ1n) is 9.43. The average Bonchev–Trinajstić information content (AvgIpc) is 2.55. The zero-order valence-electron chi connectivity index (χ0n) is 15.1. The lowest BCUT2D eigenvalue weighted by molar-refractivity contribution is -0.0782. The van der Waals surface area contributed by atoms with Gasteiger partial charge in [0.1, 0.15) is 0 Å². The molecule has 2 heterocycles. The van der Waals surface area contributed by atoms with Crippen molar-refractivity contribution in [2.24, 2.45) is 0 Å². The molecule has 3 rings (SSSR count). The number of piperidine rings is 1. The topological polar surface area (TPSA) is 35.9 Å². The van der Waals surface area contributed by atoms with E-state index in [1.807, 2.05) is 0 Å². The molecule has 4 heteroatoms. The smallest absolute Gasteiger partial charge is 0.0793 e. The van der Waals surface area contributed by atoms with E-state index < -0.39 is 0 Å². The SMILES string of the molecule is CC1CN(CC(O)CN2CCC(c3ccccc3)CC2)CC(C)O1. The third-order valence-electron chi connectivity index (χ3n) is 5.29. The molecule has 134 valence electrons. The lowest BCUT2D eigenvalue weighted by Gasteiger charge is -2.38. The molecule has 0 saturated carbocycles. The van der Waals surface area contributed by atoms with Crippen LogP contribution in [0.2, 0.25) is 0 Å². The number of likely N-dealkylation sites (tertiary alicyclic amines) is 1. The van der Waals surface area contributed by atoms with Crippen LogP contribution >= 0.6 is 0 Å². The van der Waals surface area contributed by atoms with E-state index in [1.54, 1.807) is 0 Å². The van der Waals surface area contributed by atoms with Gasteiger partial charge in [0.15, 0.2) is 0 Å². The predicted octanol–water partition coefficient (Wildman–Crippen LogP) is 2.34. The lowest BCUT2D eigenvalue weighted by Crippen LogP contribution is -2.50. The molecule has 3 atom stereocenters. The Morgan fingerprint density at radius 1 is 1.00 bits per heavy atom. The molecule has 2 aliphatic heterocycles. The van der Waals surface area contributed by atoms with Gasteiger partial charge in [-0.3, -0.25) is 4.90 Å². The van der Waals surface area contributed by atoms with Gasteiger partial charge in [-0.05, 0) is 51.3 Å². The van der Waals surface area contributed by atoms with E-state index in [4.69, 9.17) is 4.74 Å². The van der Waals surface area contributed by atoms with E-state index in [1.165, 1.54) is 18.4 Å². The van der Waals surface area contributed by atoms with Crippen LogP contribution in [-0.2, 0) is 4.74 Å². The number of β-amino-alcohol motifs (C(OH)–C–C–N with tert-alkyl or cyclic N) is 1. The number of aliphatic hydroxyl groups is 1. The van der Waals surface area contributed by atoms with Crippen molar-refractivity contribution in [2.45, 2.75) is 50.9 Å². The first kappa shape index (κ1) is 17.9. The molecule has 0 aliphatic carbocycles. The van der Waals surface area contributed by atoms with E-state index in [2.05, 4.69) is 54.0 Å². The monoisotopic (exact) mass is 332 g/mol. The molecule has 1 aromatic rings. The van der Waals surface area contributed by atoms with E-state index in [9.17, 15) is 5.11 Å². The van der Waals surface area contributed by atoms with Gasteiger partial charge in [0.25, 0.3) is 0 Å². The summed E-state index contributed by atoms with van der Waals surface area (Å²) in [6.45, 7) is 9.82. The molecule has 1 N–H and O–H groups in total. The molecule has 2 saturated heterocycles. The fraction of sp³-hybridized carbons (Fsp3) is 0.700. The Balaban J connectivity index is 1.41. The molecular weight excluding hydrogens is 300 g/mol. The fourth-order valence-corrected chi connectivity index (χ4v) is 4.26. The Labute approximate surface area is 146 Å². The van der Waals surface area contributed by atoms with Crippen molar-refractivity contribution >= 4 is 0 Å². The maximum atomic E-state index is 10.5. The van der Waals surface area contributed by atoms with Crippen LogP contribution in [0.3, 0.4) is 0 Å². The highest BCUT2D eigenvalue weighted by molar-refractivity contribution is 5.20. The first-order valence-corrected chi connectivity index (χ1v) is 9.43. The summed E-state index contributed by atoms with van der Waals surface area (Å²) < 4.78 is 5.77. The number of aliphatic hydroxyl groups excluding tert-OH is 1. The normalized spacial score (nSPS) is 28.8. The quantitative estimate of drug-likeness (QED) is 0.898. The summed E-state index contributed by atoms with van der Waals surface area (Å²) >= 11 is 0. The summed E-state index contributed by atoms with van der Waals surface area (Å²) in [6.07, 6.45) is 2.66. The molecule has 0 radical (unpaired) electrons. The fourth-order valence-electron chi connectivity index (χ4n) is 4.26. The molecule has 0 spiro atoms. The lowest BCUT2D eigenvalue weighted by atomic mass is 9.89. The maximum absolute atomic E-state index is 10.5. The van der Waals surface area contributed by atoms with Gasteiger partial charge in [-0.15, -0.1) is 0 Å². The maximum Gasteiger partial charge on any atom is 0.0793 e. The van der Waals surface area contributed by atoms with Crippen molar-refractivity contribution < 1.29 is 9.84 Å². The zero-order chi connectivity index (χ0) is 16.9. The van der Waals surface area contributed by atoms with E-state index >= 15 is 0 Å². The van der Waals surface area contributed by atoms with Crippen molar-refractivity contribution in [1.29, 1.82) is 0 Å². The van der Waals surface area contributed by atoms with Crippen molar-refractivity contribution in [3.05, 3.63) is 35.9 Å². The van der Waals surface area contributed by atoms with Crippen LogP contribution in [0, 0.1) is 0 Å². The number of rotatable bonds is 5. The van der Waals surface area contributed by atoms with Crippen molar-refractivity contribution in [1.82, 2.24) is 9.80 Å². The van der Waals surface area contributed by atoms with Gasteiger partial charge in [0.2, 0.25) is 0 Å². The van der Waals surface area contributed by atoms with Gasteiger partial charge in [0, 0.05) is 26.2 Å². The summed E-state index contributed by atoms with van der Waals surface area (Å²) in [6, 6.07) is 10.8. The molecule has 2 aliphatic rings. The molecule has 3 unspecified atom stereocenters. The average molecular weight is 332 g/mol. The number of nitrogens with zero attached hydrogens (tertiary/aromatic N) is 2.